The lowest BCUT2D eigenvalue weighted by molar-refractivity contribution is -0.385. The van der Waals surface area contributed by atoms with Crippen molar-refractivity contribution in [1.29, 1.82) is 0 Å². The van der Waals surface area contributed by atoms with E-state index in [2.05, 4.69) is 4.98 Å². The maximum Gasteiger partial charge on any atom is 0.328 e. The van der Waals surface area contributed by atoms with Crippen molar-refractivity contribution in [2.45, 2.75) is 6.92 Å². The summed E-state index contributed by atoms with van der Waals surface area (Å²) in [5.41, 5.74) is 0.807. The Morgan fingerprint density at radius 1 is 1.71 bits per heavy atom. The highest BCUT2D eigenvalue weighted by atomic mass is 16.6. The fourth-order valence-corrected chi connectivity index (χ4v) is 1.02. The number of aromatic nitrogens is 1. The summed E-state index contributed by atoms with van der Waals surface area (Å²) in [7, 11) is 0. The van der Waals surface area contributed by atoms with Crippen LogP contribution in [0.2, 0.25) is 0 Å². The van der Waals surface area contributed by atoms with E-state index >= 15 is 0 Å². The van der Waals surface area contributed by atoms with E-state index in [-0.39, 0.29) is 5.69 Å². The summed E-state index contributed by atoms with van der Waals surface area (Å²) in [5.74, 6) is -1.10. The summed E-state index contributed by atoms with van der Waals surface area (Å²) in [6.45, 7) is 1.55. The van der Waals surface area contributed by atoms with Crippen LogP contribution in [0.4, 0.5) is 5.69 Å². The number of nitrogens with one attached hydrogen (secondary N) is 1. The summed E-state index contributed by atoms with van der Waals surface area (Å²) >= 11 is 0. The fourth-order valence-electron chi connectivity index (χ4n) is 1.02. The lowest BCUT2D eigenvalue weighted by atomic mass is 10.2. The number of rotatable bonds is 3. The van der Waals surface area contributed by atoms with Gasteiger partial charge in [-0.15, -0.1) is 0 Å². The maximum atomic E-state index is 10.4. The molecule has 0 unspecified atom stereocenters. The Labute approximate surface area is 79.0 Å². The van der Waals surface area contributed by atoms with Gasteiger partial charge >= 0.3 is 5.97 Å². The molecule has 0 aliphatic heterocycles. The molecule has 1 aromatic heterocycles. The van der Waals surface area contributed by atoms with Gasteiger partial charge in [-0.25, -0.2) is 4.79 Å². The quantitative estimate of drug-likeness (QED) is 0.433. The molecule has 0 radical (unpaired) electrons. The maximum absolute atomic E-state index is 10.4. The van der Waals surface area contributed by atoms with Gasteiger partial charge in [0.2, 0.25) is 0 Å². The highest BCUT2D eigenvalue weighted by Gasteiger charge is 2.14. The Hall–Kier alpha value is -2.11. The number of nitro groups is 1. The third-order valence-electron chi connectivity index (χ3n) is 1.74. The van der Waals surface area contributed by atoms with E-state index in [0.717, 1.165) is 6.08 Å². The highest BCUT2D eigenvalue weighted by Crippen LogP contribution is 2.21. The van der Waals surface area contributed by atoms with E-state index in [1.165, 1.54) is 12.3 Å². The Kier molecular flexibility index (Phi) is 2.66. The first kappa shape index (κ1) is 9.97. The Morgan fingerprint density at radius 2 is 2.36 bits per heavy atom. The highest BCUT2D eigenvalue weighted by molar-refractivity contribution is 5.85. The van der Waals surface area contributed by atoms with Gasteiger partial charge in [-0.1, -0.05) is 0 Å². The SMILES string of the molecule is Cc1c([N+](=O)[O-])c[nH]c1C=CC(=O)O. The lowest BCUT2D eigenvalue weighted by Gasteiger charge is -1.89. The zero-order chi connectivity index (χ0) is 10.7. The first-order valence-electron chi connectivity index (χ1n) is 3.75. The van der Waals surface area contributed by atoms with Gasteiger partial charge < -0.3 is 10.1 Å². The summed E-state index contributed by atoms with van der Waals surface area (Å²) in [6.07, 6.45) is 3.43. The number of hydrogen-bond donors (Lipinski definition) is 2. The molecule has 0 amide bonds. The van der Waals surface area contributed by atoms with Crippen molar-refractivity contribution in [3.05, 3.63) is 33.6 Å². The van der Waals surface area contributed by atoms with Gasteiger partial charge in [0.1, 0.15) is 0 Å². The molecule has 14 heavy (non-hydrogen) atoms. The van der Waals surface area contributed by atoms with Crippen LogP contribution in [0.25, 0.3) is 6.08 Å². The number of carboxylic acid groups (broad SMARTS) is 1. The number of nitrogens with zero attached hydrogens (tertiary/aromatic N) is 1. The van der Waals surface area contributed by atoms with Gasteiger partial charge in [-0.2, -0.15) is 0 Å². The average molecular weight is 196 g/mol. The summed E-state index contributed by atoms with van der Waals surface area (Å²) in [4.78, 5) is 22.7. The second-order valence-electron chi connectivity index (χ2n) is 2.64. The normalized spacial score (nSPS) is 10.6. The molecule has 6 heteroatoms. The van der Waals surface area contributed by atoms with Gasteiger partial charge in [0.05, 0.1) is 16.7 Å². The van der Waals surface area contributed by atoms with E-state index in [4.69, 9.17) is 5.11 Å². The molecule has 0 spiro atoms. The van der Waals surface area contributed by atoms with Crippen LogP contribution < -0.4 is 0 Å². The molecule has 0 atom stereocenters. The van der Waals surface area contributed by atoms with Crippen LogP contribution >= 0.6 is 0 Å². The predicted octanol–water partition coefficient (Wildman–Crippen LogP) is 1.33. The molecule has 1 aromatic rings. The molecule has 1 heterocycles. The van der Waals surface area contributed by atoms with E-state index < -0.39 is 10.9 Å². The largest absolute Gasteiger partial charge is 0.478 e. The van der Waals surface area contributed by atoms with Crippen molar-refractivity contribution in [2.24, 2.45) is 0 Å². The third-order valence-corrected chi connectivity index (χ3v) is 1.74. The van der Waals surface area contributed by atoms with Crippen LogP contribution in [0.15, 0.2) is 12.3 Å². The second kappa shape index (κ2) is 3.73. The smallest absolute Gasteiger partial charge is 0.328 e. The third kappa shape index (κ3) is 1.98. The first-order valence-corrected chi connectivity index (χ1v) is 3.75. The molecule has 1 rings (SSSR count). The number of aliphatic carboxylic acids is 1. The number of carbonyl (C=O) groups is 1. The standard InChI is InChI=1S/C8H8N2O4/c1-5-6(2-3-8(11)12)9-4-7(5)10(13)14/h2-4,9H,1H3,(H,11,12). The first-order chi connectivity index (χ1) is 6.52. The van der Waals surface area contributed by atoms with Crippen LogP contribution in [0.3, 0.4) is 0 Å². The van der Waals surface area contributed by atoms with Crippen molar-refractivity contribution in [2.75, 3.05) is 0 Å². The average Bonchev–Trinajstić information content (AvgIpc) is 2.43. The Balaban J connectivity index is 3.01. The van der Waals surface area contributed by atoms with Crippen molar-refractivity contribution < 1.29 is 14.8 Å². The zero-order valence-corrected chi connectivity index (χ0v) is 7.35. The van der Waals surface area contributed by atoms with Gasteiger partial charge in [0, 0.05) is 11.8 Å². The number of aromatic amines is 1. The predicted molar refractivity (Wildman–Crippen MR) is 48.9 cm³/mol. The Bertz CT molecular complexity index is 405. The topological polar surface area (TPSA) is 96.2 Å². The molecule has 74 valence electrons. The van der Waals surface area contributed by atoms with Gasteiger partial charge in [0.25, 0.3) is 5.69 Å². The molecule has 6 nitrogen and oxygen atoms in total. The van der Waals surface area contributed by atoms with Crippen LogP contribution in [-0.2, 0) is 4.79 Å². The van der Waals surface area contributed by atoms with Gasteiger partial charge in [-0.05, 0) is 13.0 Å². The van der Waals surface area contributed by atoms with E-state index in [9.17, 15) is 14.9 Å². The molecular weight excluding hydrogens is 188 g/mol. The monoisotopic (exact) mass is 196 g/mol. The molecule has 0 saturated heterocycles. The lowest BCUT2D eigenvalue weighted by Crippen LogP contribution is -1.88. The molecular formula is C8H8N2O4. The minimum absolute atomic E-state index is 0.0463. The number of H-pyrrole nitrogens is 1. The van der Waals surface area contributed by atoms with Crippen LogP contribution in [0.1, 0.15) is 11.3 Å². The van der Waals surface area contributed by atoms with Gasteiger partial charge in [0.15, 0.2) is 0 Å². The van der Waals surface area contributed by atoms with Crippen molar-refractivity contribution in [3.8, 4) is 0 Å². The summed E-state index contributed by atoms with van der Waals surface area (Å²) in [6, 6.07) is 0. The number of carboxylic acids is 1. The number of hydrogen-bond acceptors (Lipinski definition) is 3. The van der Waals surface area contributed by atoms with Crippen LogP contribution in [0.5, 0.6) is 0 Å². The minimum atomic E-state index is -1.10. The zero-order valence-electron chi connectivity index (χ0n) is 7.35. The molecule has 0 bridgehead atoms. The van der Waals surface area contributed by atoms with Crippen LogP contribution in [-0.4, -0.2) is 21.0 Å². The van der Waals surface area contributed by atoms with E-state index in [1.54, 1.807) is 6.92 Å². The second-order valence-corrected chi connectivity index (χ2v) is 2.64. The molecule has 0 saturated carbocycles. The Morgan fingerprint density at radius 3 is 2.79 bits per heavy atom. The fraction of sp³-hybridized carbons (Fsp3) is 0.125. The summed E-state index contributed by atoms with van der Waals surface area (Å²) < 4.78 is 0. The van der Waals surface area contributed by atoms with Crippen LogP contribution in [0, 0.1) is 17.0 Å². The summed E-state index contributed by atoms with van der Waals surface area (Å²) in [5, 5.41) is 18.8. The van der Waals surface area contributed by atoms with Crippen molar-refractivity contribution >= 4 is 17.7 Å². The van der Waals surface area contributed by atoms with Gasteiger partial charge in [-0.3, -0.25) is 10.1 Å². The molecule has 0 fully saturated rings. The molecule has 0 aliphatic rings. The van der Waals surface area contributed by atoms with E-state index in [0.29, 0.717) is 11.3 Å². The minimum Gasteiger partial charge on any atom is -0.478 e. The van der Waals surface area contributed by atoms with Crippen molar-refractivity contribution in [1.82, 2.24) is 4.98 Å². The molecule has 2 N–H and O–H groups in total. The van der Waals surface area contributed by atoms with Crippen molar-refractivity contribution in [3.63, 3.8) is 0 Å². The molecule has 0 aliphatic carbocycles. The van der Waals surface area contributed by atoms with E-state index in [1.807, 2.05) is 0 Å². The molecule has 0 aromatic carbocycles.